The zero-order chi connectivity index (χ0) is 14.8. The van der Waals surface area contributed by atoms with Crippen molar-refractivity contribution in [2.45, 2.75) is 57.9 Å². The quantitative estimate of drug-likeness (QED) is 0.428. The van der Waals surface area contributed by atoms with Gasteiger partial charge in [0.05, 0.1) is 0 Å². The lowest BCUT2D eigenvalue weighted by Gasteiger charge is -2.22. The molecule has 2 aromatic heterocycles. The number of nitrogens with zero attached hydrogens (tertiary/aromatic N) is 3. The highest BCUT2D eigenvalue weighted by atomic mass is 16.1. The summed E-state index contributed by atoms with van der Waals surface area (Å²) >= 11 is 0. The molecule has 7 heteroatoms. The van der Waals surface area contributed by atoms with Gasteiger partial charge in [-0.15, -0.1) is 0 Å². The summed E-state index contributed by atoms with van der Waals surface area (Å²) in [6, 6.07) is 0. The van der Waals surface area contributed by atoms with E-state index >= 15 is 0 Å². The Balaban J connectivity index is 2.05. The molecule has 1 aliphatic rings. The summed E-state index contributed by atoms with van der Waals surface area (Å²) in [5.74, 6) is 7.26. The lowest BCUT2D eigenvalue weighted by molar-refractivity contribution is 0.404. The Kier molecular flexibility index (Phi) is 3.92. The van der Waals surface area contributed by atoms with Crippen molar-refractivity contribution in [1.82, 2.24) is 19.5 Å². The van der Waals surface area contributed by atoms with Gasteiger partial charge in [-0.1, -0.05) is 26.2 Å². The molecule has 0 spiro atoms. The van der Waals surface area contributed by atoms with Gasteiger partial charge in [0, 0.05) is 12.5 Å². The van der Waals surface area contributed by atoms with Gasteiger partial charge >= 0.3 is 5.56 Å². The maximum absolute atomic E-state index is 12.1. The van der Waals surface area contributed by atoms with Crippen LogP contribution in [0.3, 0.4) is 0 Å². The fourth-order valence-corrected chi connectivity index (χ4v) is 2.76. The Morgan fingerprint density at radius 1 is 1.38 bits per heavy atom. The van der Waals surface area contributed by atoms with Crippen LogP contribution in [-0.4, -0.2) is 19.5 Å². The molecule has 114 valence electrons. The molecule has 0 bridgehead atoms. The first-order chi connectivity index (χ1) is 10.2. The van der Waals surface area contributed by atoms with Crippen molar-refractivity contribution in [1.29, 1.82) is 0 Å². The van der Waals surface area contributed by atoms with Crippen LogP contribution in [0.5, 0.6) is 0 Å². The molecule has 0 saturated heterocycles. The third-order valence-corrected chi connectivity index (χ3v) is 4.24. The molecule has 0 aromatic carbocycles. The number of nitrogens with one attached hydrogen (secondary N) is 2. The molecule has 4 N–H and O–H groups in total. The second-order valence-corrected chi connectivity index (χ2v) is 5.69. The Hall–Kier alpha value is -1.89. The van der Waals surface area contributed by atoms with Crippen LogP contribution in [0.25, 0.3) is 11.2 Å². The number of nitrogen functional groups attached to an aromatic ring is 1. The van der Waals surface area contributed by atoms with Crippen LogP contribution in [-0.2, 0) is 6.54 Å². The average Bonchev–Trinajstić information content (AvgIpc) is 2.84. The van der Waals surface area contributed by atoms with E-state index in [1.54, 1.807) is 0 Å². The summed E-state index contributed by atoms with van der Waals surface area (Å²) in [6.07, 6.45) is 6.78. The van der Waals surface area contributed by atoms with Crippen molar-refractivity contribution >= 4 is 17.1 Å². The molecule has 21 heavy (non-hydrogen) atoms. The molecule has 2 heterocycles. The van der Waals surface area contributed by atoms with E-state index in [1.807, 2.05) is 4.57 Å². The van der Waals surface area contributed by atoms with Crippen molar-refractivity contribution in [2.24, 2.45) is 5.84 Å². The number of anilines is 1. The Morgan fingerprint density at radius 2 is 2.19 bits per heavy atom. The monoisotopic (exact) mass is 290 g/mol. The molecule has 0 radical (unpaired) electrons. The molecule has 3 rings (SSSR count). The van der Waals surface area contributed by atoms with Crippen LogP contribution in [0.1, 0.15) is 57.2 Å². The van der Waals surface area contributed by atoms with Crippen LogP contribution in [0.4, 0.5) is 5.95 Å². The van der Waals surface area contributed by atoms with Gasteiger partial charge in [0.15, 0.2) is 11.2 Å². The first-order valence-electron chi connectivity index (χ1n) is 7.71. The predicted molar refractivity (Wildman–Crippen MR) is 82.1 cm³/mol. The number of hydrazine groups is 1. The van der Waals surface area contributed by atoms with Crippen molar-refractivity contribution in [2.75, 3.05) is 5.43 Å². The highest BCUT2D eigenvalue weighted by Gasteiger charge is 2.24. The van der Waals surface area contributed by atoms with E-state index in [0.29, 0.717) is 23.0 Å². The van der Waals surface area contributed by atoms with Gasteiger partial charge in [-0.05, 0) is 19.3 Å². The fraction of sp³-hybridized carbons (Fsp3) is 0.643. The number of aromatic amines is 1. The van der Waals surface area contributed by atoms with E-state index in [-0.39, 0.29) is 5.56 Å². The lowest BCUT2D eigenvalue weighted by Crippen LogP contribution is -2.22. The van der Waals surface area contributed by atoms with E-state index in [9.17, 15) is 4.79 Å². The van der Waals surface area contributed by atoms with E-state index in [4.69, 9.17) is 5.84 Å². The molecule has 7 nitrogen and oxygen atoms in total. The molecule has 0 amide bonds. The van der Waals surface area contributed by atoms with Crippen LogP contribution < -0.4 is 16.8 Å². The van der Waals surface area contributed by atoms with Crippen LogP contribution >= 0.6 is 0 Å². The molecule has 0 aliphatic heterocycles. The minimum absolute atomic E-state index is 0.303. The molecular formula is C14H22N6O. The number of fused-ring (bicyclic) bond motifs is 1. The summed E-state index contributed by atoms with van der Waals surface area (Å²) < 4.78 is 1.91. The van der Waals surface area contributed by atoms with Crippen LogP contribution in [0, 0.1) is 0 Å². The van der Waals surface area contributed by atoms with Crippen molar-refractivity contribution in [3.63, 3.8) is 0 Å². The van der Waals surface area contributed by atoms with Crippen molar-refractivity contribution < 1.29 is 0 Å². The van der Waals surface area contributed by atoms with E-state index < -0.39 is 0 Å². The highest BCUT2D eigenvalue weighted by molar-refractivity contribution is 5.72. The van der Waals surface area contributed by atoms with E-state index in [1.165, 1.54) is 6.42 Å². The van der Waals surface area contributed by atoms with Gasteiger partial charge in [0.1, 0.15) is 5.82 Å². The third kappa shape index (κ3) is 2.53. The Labute approximate surface area is 122 Å². The number of aromatic nitrogens is 4. The number of hydrogen-bond acceptors (Lipinski definition) is 5. The van der Waals surface area contributed by atoms with Crippen LogP contribution in [0.2, 0.25) is 0 Å². The van der Waals surface area contributed by atoms with E-state index in [0.717, 1.165) is 44.5 Å². The number of rotatable bonds is 6. The van der Waals surface area contributed by atoms with Gasteiger partial charge < -0.3 is 4.98 Å². The minimum atomic E-state index is -0.303. The summed E-state index contributed by atoms with van der Waals surface area (Å²) in [5.41, 5.74) is 3.38. The van der Waals surface area contributed by atoms with Crippen molar-refractivity contribution in [3.05, 3.63) is 16.2 Å². The number of hydrogen-bond donors (Lipinski definition) is 3. The van der Waals surface area contributed by atoms with Crippen LogP contribution in [0.15, 0.2) is 4.79 Å². The largest absolute Gasteiger partial charge is 0.336 e. The Morgan fingerprint density at radius 3 is 2.81 bits per heavy atom. The normalized spacial score (nSPS) is 15.3. The number of imidazole rings is 1. The zero-order valence-corrected chi connectivity index (χ0v) is 12.4. The van der Waals surface area contributed by atoms with E-state index in [2.05, 4.69) is 27.3 Å². The summed E-state index contributed by atoms with van der Waals surface area (Å²) in [4.78, 5) is 23.9. The average molecular weight is 290 g/mol. The number of unbranched alkanes of at least 4 members (excludes halogenated alkanes) is 2. The van der Waals surface area contributed by atoms with Gasteiger partial charge in [0.2, 0.25) is 5.95 Å². The fourth-order valence-electron chi connectivity index (χ4n) is 2.76. The lowest BCUT2D eigenvalue weighted by atomic mass is 9.85. The highest BCUT2D eigenvalue weighted by Crippen LogP contribution is 2.35. The summed E-state index contributed by atoms with van der Waals surface area (Å²) in [7, 11) is 0. The summed E-state index contributed by atoms with van der Waals surface area (Å²) in [5, 5.41) is 0. The molecule has 2 aromatic rings. The SMILES string of the molecule is CCCCCn1c(NN)nc(=O)c2[nH]c(C3CCC3)nc21. The molecular weight excluding hydrogens is 268 g/mol. The number of aryl methyl sites for hydroxylation is 1. The molecule has 1 fully saturated rings. The van der Waals surface area contributed by atoms with Crippen molar-refractivity contribution in [3.8, 4) is 0 Å². The van der Waals surface area contributed by atoms with Gasteiger partial charge in [-0.25, -0.2) is 10.8 Å². The van der Waals surface area contributed by atoms with Gasteiger partial charge in [-0.2, -0.15) is 4.98 Å². The number of nitrogens with two attached hydrogens (primary N) is 1. The number of H-pyrrole nitrogens is 1. The van der Waals surface area contributed by atoms with Gasteiger partial charge in [0.25, 0.3) is 0 Å². The molecule has 1 saturated carbocycles. The Bertz CT molecular complexity index is 685. The molecule has 1 aliphatic carbocycles. The molecule has 0 unspecified atom stereocenters. The first-order valence-corrected chi connectivity index (χ1v) is 7.71. The third-order valence-electron chi connectivity index (χ3n) is 4.24. The standard InChI is InChI=1S/C14H22N6O/c1-2-3-4-8-20-12-10(13(21)18-14(20)19-15)16-11(17-12)9-6-5-7-9/h9H,2-8,15H2,1H3,(H,16,17)(H,18,19,21). The van der Waals surface area contributed by atoms with Gasteiger partial charge in [-0.3, -0.25) is 14.8 Å². The second-order valence-electron chi connectivity index (χ2n) is 5.69. The molecule has 0 atom stereocenters. The first kappa shape index (κ1) is 14.1. The second kappa shape index (κ2) is 5.85. The minimum Gasteiger partial charge on any atom is -0.336 e. The zero-order valence-electron chi connectivity index (χ0n) is 12.4. The topological polar surface area (TPSA) is 102 Å². The predicted octanol–water partition coefficient (Wildman–Crippen LogP) is 1.86. The summed E-state index contributed by atoms with van der Waals surface area (Å²) in [6.45, 7) is 2.91. The smallest absolute Gasteiger partial charge is 0.300 e. The maximum atomic E-state index is 12.1. The maximum Gasteiger partial charge on any atom is 0.300 e.